The van der Waals surface area contributed by atoms with Gasteiger partial charge in [0.2, 0.25) is 0 Å². The second kappa shape index (κ2) is 20.3. The topological polar surface area (TPSA) is 0 Å². The van der Waals surface area contributed by atoms with Crippen molar-refractivity contribution in [1.82, 2.24) is 0 Å². The molecule has 322 valence electrons. The van der Waals surface area contributed by atoms with Crippen LogP contribution in [0.2, 0.25) is 9.26 Å². The Morgan fingerprint density at radius 2 is 0.800 bits per heavy atom. The molecule has 0 aromatic heterocycles. The molecule has 0 aliphatic heterocycles. The van der Waals surface area contributed by atoms with E-state index in [4.69, 9.17) is 0 Å². The Hall–Kier alpha value is -1.96. The van der Waals surface area contributed by atoms with E-state index in [1.54, 1.807) is 22.3 Å². The number of hydrogen-bond donors (Lipinski definition) is 0. The molecule has 0 bridgehead atoms. The van der Waals surface area contributed by atoms with Gasteiger partial charge in [0.15, 0.2) is 0 Å². The van der Waals surface area contributed by atoms with Gasteiger partial charge in [0.05, 0.1) is 0 Å². The average molecular weight is 939 g/mol. The first-order valence-corrected chi connectivity index (χ1v) is 37.7. The molecule has 4 aliphatic rings. The van der Waals surface area contributed by atoms with Crippen molar-refractivity contribution in [1.29, 1.82) is 0 Å². The molecule has 0 saturated heterocycles. The fourth-order valence-corrected chi connectivity index (χ4v) is 32.9. The fraction of sp³-hybridized carbons (Fsp3) is 0.500. The van der Waals surface area contributed by atoms with E-state index < -0.39 is 17.4 Å². The molecule has 8 rings (SSSR count). The van der Waals surface area contributed by atoms with Gasteiger partial charge in [-0.25, -0.2) is 0 Å². The molecule has 0 radical (unpaired) electrons. The van der Waals surface area contributed by atoms with Gasteiger partial charge in [0, 0.05) is 0 Å². The number of rotatable bonds is 10. The van der Waals surface area contributed by atoms with E-state index in [0.717, 1.165) is 0 Å². The quantitative estimate of drug-likeness (QED) is 0.139. The van der Waals surface area contributed by atoms with Gasteiger partial charge in [-0.05, 0) is 0 Å². The third-order valence-electron chi connectivity index (χ3n) is 16.4. The summed E-state index contributed by atoms with van der Waals surface area (Å²) >= 11 is -3.98. The molecule has 0 N–H and O–H groups in total. The van der Waals surface area contributed by atoms with Gasteiger partial charge in [-0.1, -0.05) is 0 Å². The summed E-state index contributed by atoms with van der Waals surface area (Å²) in [6, 6.07) is 37.6. The smallest absolute Gasteiger partial charge is 0.147 e. The molecule has 2 atom stereocenters. The second-order valence-corrected chi connectivity index (χ2v) is 51.4. The summed E-state index contributed by atoms with van der Waals surface area (Å²) in [5, 5.41) is 0. The normalized spacial score (nSPS) is 21.8. The van der Waals surface area contributed by atoms with E-state index >= 15 is 0 Å². The van der Waals surface area contributed by atoms with Crippen molar-refractivity contribution in [3.8, 4) is 22.3 Å². The van der Waals surface area contributed by atoms with E-state index in [9.17, 15) is 0 Å². The summed E-state index contributed by atoms with van der Waals surface area (Å²) < 4.78 is 6.95. The van der Waals surface area contributed by atoms with Crippen LogP contribution in [0.3, 0.4) is 0 Å². The molecule has 0 amide bonds. The van der Waals surface area contributed by atoms with Crippen molar-refractivity contribution in [2.45, 2.75) is 159 Å². The molecular weight excluding hydrogens is 863 g/mol. The van der Waals surface area contributed by atoms with Crippen LogP contribution in [0, 0.1) is 10.8 Å². The van der Waals surface area contributed by atoms with E-state index in [1.807, 2.05) is 11.1 Å². The minimum atomic E-state index is -3.98. The van der Waals surface area contributed by atoms with Crippen molar-refractivity contribution in [2.75, 3.05) is 0 Å². The molecule has 2 unspecified atom stereocenters. The van der Waals surface area contributed by atoms with E-state index in [-0.39, 0.29) is 24.8 Å². The van der Waals surface area contributed by atoms with Crippen LogP contribution in [0.4, 0.5) is 0 Å². The zero-order valence-corrected chi connectivity index (χ0v) is 43.2. The predicted octanol–water partition coefficient (Wildman–Crippen LogP) is 17.6. The van der Waals surface area contributed by atoms with Crippen LogP contribution in [0.15, 0.2) is 108 Å². The molecule has 0 spiro atoms. The molecule has 0 heterocycles. The number of fused-ring (bicyclic) bond motifs is 2. The van der Waals surface area contributed by atoms with Gasteiger partial charge in [0.1, 0.15) is 0 Å². The second-order valence-electron chi connectivity index (χ2n) is 20.9. The average Bonchev–Trinajstić information content (AvgIpc) is 3.87. The van der Waals surface area contributed by atoms with Gasteiger partial charge in [-0.3, -0.25) is 0 Å². The van der Waals surface area contributed by atoms with Crippen molar-refractivity contribution in [2.24, 2.45) is 10.8 Å². The number of hydrogen-bond acceptors (Lipinski definition) is 0. The standard InChI is InChI=1S/2C27H33.2CH3.2ClH.H2Si.Zr/c2*1-2-27(17-10-5-3-4-6-11-18-27)21-22-19-24-15-12-16-25(26(24)20-22)23-13-8-7-9-14-23;;;;;;/h2*7-9,12-16,19-20H,2-6,10-11,17-18,21H2,1H3;2*1H3;2*1H;1H2;. The van der Waals surface area contributed by atoms with Crippen LogP contribution in [-0.2, 0) is 17.4 Å². The van der Waals surface area contributed by atoms with Gasteiger partial charge in [-0.15, -0.1) is 24.8 Å². The molecule has 0 nitrogen and oxygen atoms in total. The Bertz CT molecular complexity index is 2010. The Kier molecular flexibility index (Phi) is 16.0. The number of benzene rings is 4. The van der Waals surface area contributed by atoms with Crippen LogP contribution in [-0.4, -0.2) is 6.88 Å². The fourth-order valence-electron chi connectivity index (χ4n) is 13.2. The van der Waals surface area contributed by atoms with Crippen LogP contribution < -0.4 is 0 Å². The summed E-state index contributed by atoms with van der Waals surface area (Å²) in [7, 11) is 0. The predicted molar refractivity (Wildman–Crippen MR) is 269 cm³/mol. The molecule has 4 aliphatic carbocycles. The Labute approximate surface area is 380 Å². The largest absolute Gasteiger partial charge is 0.147 e. The maximum absolute atomic E-state index is 3.98. The molecule has 2 saturated carbocycles. The first-order valence-electron chi connectivity index (χ1n) is 24.0. The monoisotopic (exact) mass is 936 g/mol. The maximum atomic E-state index is 2.94. The van der Waals surface area contributed by atoms with Gasteiger partial charge >= 0.3 is 359 Å². The Balaban J connectivity index is 0.00000302. The van der Waals surface area contributed by atoms with Gasteiger partial charge < -0.3 is 0 Å². The summed E-state index contributed by atoms with van der Waals surface area (Å²) in [6.07, 6.45) is 33.4. The molecule has 4 aromatic rings. The van der Waals surface area contributed by atoms with E-state index in [2.05, 4.69) is 139 Å². The Morgan fingerprint density at radius 1 is 0.467 bits per heavy atom. The first-order chi connectivity index (χ1) is 28.1. The SMILES string of the molecule is CCC1(CC2=Cc3c(-c4ccccc4)cccc3[CH]2[Zr]([CH3])([CH3])(=[SiH2])[CH]2C(CC3(CC)CCCCCCCC3)=Cc3c(-c4ccccc4)cccc32)CCCCCCCC1.Cl.Cl. The zero-order chi connectivity index (χ0) is 40.2. The zero-order valence-electron chi connectivity index (χ0n) is 37.7. The minimum absolute atomic E-state index is 0. The molecule has 4 heteroatoms. The number of halogens is 2. The van der Waals surface area contributed by atoms with Crippen LogP contribution in [0.1, 0.15) is 172 Å². The molecule has 2 fully saturated rings. The van der Waals surface area contributed by atoms with Gasteiger partial charge in [0.25, 0.3) is 0 Å². The Morgan fingerprint density at radius 3 is 1.13 bits per heavy atom. The van der Waals surface area contributed by atoms with Crippen LogP contribution in [0.25, 0.3) is 34.4 Å². The van der Waals surface area contributed by atoms with Crippen molar-refractivity contribution >= 4 is 43.8 Å². The number of allylic oxidation sites excluding steroid dienone is 2. The third kappa shape index (κ3) is 9.74. The summed E-state index contributed by atoms with van der Waals surface area (Å²) in [5.74, 6) is 0. The third-order valence-corrected chi connectivity index (χ3v) is 33.9. The molecule has 4 aromatic carbocycles. The first kappa shape index (κ1) is 47.5. The van der Waals surface area contributed by atoms with Crippen LogP contribution in [0.5, 0.6) is 0 Å². The van der Waals surface area contributed by atoms with Crippen molar-refractivity contribution in [3.63, 3.8) is 0 Å². The summed E-state index contributed by atoms with van der Waals surface area (Å²) in [4.78, 5) is 0. The van der Waals surface area contributed by atoms with Crippen molar-refractivity contribution in [3.05, 3.63) is 130 Å². The van der Waals surface area contributed by atoms with Crippen LogP contribution >= 0.6 is 24.8 Å². The minimum Gasteiger partial charge on any atom is -0.147 e. The van der Waals surface area contributed by atoms with Crippen molar-refractivity contribution < 1.29 is 17.4 Å². The maximum Gasteiger partial charge on any atom is -0.147 e. The molecular formula is C56H76Cl2SiZr. The van der Waals surface area contributed by atoms with E-state index in [0.29, 0.717) is 18.1 Å². The van der Waals surface area contributed by atoms with E-state index in [1.165, 1.54) is 151 Å². The molecule has 60 heavy (non-hydrogen) atoms. The summed E-state index contributed by atoms with van der Waals surface area (Å²) in [5.41, 5.74) is 16.5. The van der Waals surface area contributed by atoms with Gasteiger partial charge in [-0.2, -0.15) is 0 Å². The summed E-state index contributed by atoms with van der Waals surface area (Å²) in [6.45, 7) is 7.69.